The van der Waals surface area contributed by atoms with E-state index in [1.807, 2.05) is 0 Å². The highest BCUT2D eigenvalue weighted by molar-refractivity contribution is 7.71. The molecule has 1 atom stereocenters. The Morgan fingerprint density at radius 3 is 2.75 bits per heavy atom. The minimum Gasteiger partial charge on any atom is -0.239 e. The van der Waals surface area contributed by atoms with Gasteiger partial charge >= 0.3 is 0 Å². The molecule has 1 aromatic rings. The van der Waals surface area contributed by atoms with E-state index in [-0.39, 0.29) is 11.2 Å². The van der Waals surface area contributed by atoms with Crippen LogP contribution in [-0.2, 0) is 0 Å². The van der Waals surface area contributed by atoms with E-state index in [0.717, 1.165) is 0 Å². The lowest BCUT2D eigenvalue weighted by molar-refractivity contribution is 0.116. The highest BCUT2D eigenvalue weighted by Crippen LogP contribution is 2.13. The Labute approximate surface area is 72.6 Å². The molecule has 0 saturated heterocycles. The van der Waals surface area contributed by atoms with Gasteiger partial charge in [0, 0.05) is 6.42 Å². The summed E-state index contributed by atoms with van der Waals surface area (Å²) in [5, 5.41) is 9.29. The first kappa shape index (κ1) is 9.24. The minimum absolute atomic E-state index is 0.197. The monoisotopic (exact) mass is 194 g/mol. The molecule has 0 bridgehead atoms. The van der Waals surface area contributed by atoms with E-state index in [1.165, 1.54) is 4.68 Å². The number of rotatable bonds is 3. The van der Waals surface area contributed by atoms with Crippen LogP contribution >= 0.6 is 12.2 Å². The fraction of sp³-hybridized carbons (Fsp3) is 0.800. The Hall–Kier alpha value is -0.850. The highest BCUT2D eigenvalue weighted by Gasteiger charge is 2.13. The van der Waals surface area contributed by atoms with Crippen LogP contribution in [0.5, 0.6) is 0 Å². The second-order valence-electron chi connectivity index (χ2n) is 2.43. The topological polar surface area (TPSA) is 46.5 Å². The quantitative estimate of drug-likeness (QED) is 0.742. The molecule has 7 heteroatoms. The van der Waals surface area contributed by atoms with Crippen LogP contribution in [0.2, 0.25) is 0 Å². The summed E-state index contributed by atoms with van der Waals surface area (Å²) in [6.45, 7) is 1.63. The summed E-state index contributed by atoms with van der Waals surface area (Å²) in [6.07, 6.45) is -2.59. The van der Waals surface area contributed by atoms with Gasteiger partial charge in [0.2, 0.25) is 11.2 Å². The number of tetrazole rings is 1. The van der Waals surface area contributed by atoms with Crippen molar-refractivity contribution < 1.29 is 8.78 Å². The average Bonchev–Trinajstić information content (AvgIpc) is 2.33. The van der Waals surface area contributed by atoms with Gasteiger partial charge in [-0.25, -0.2) is 13.5 Å². The third-order valence-electron chi connectivity index (χ3n) is 1.45. The summed E-state index contributed by atoms with van der Waals surface area (Å²) in [5.41, 5.74) is 0. The molecular formula is C5H8F2N4S. The number of nitrogens with one attached hydrogen (secondary N) is 1. The molecule has 4 nitrogen and oxygen atoms in total. The predicted molar refractivity (Wildman–Crippen MR) is 40.5 cm³/mol. The zero-order chi connectivity index (χ0) is 9.14. The lowest BCUT2D eigenvalue weighted by Gasteiger charge is -2.09. The van der Waals surface area contributed by atoms with Crippen LogP contribution in [0.4, 0.5) is 8.78 Å². The Balaban J connectivity index is 2.71. The van der Waals surface area contributed by atoms with E-state index >= 15 is 0 Å². The van der Waals surface area contributed by atoms with Crippen molar-refractivity contribution in [3.8, 4) is 0 Å². The number of hydrogen-bond donors (Lipinski definition) is 1. The molecule has 0 radical (unpaired) electrons. The molecule has 1 heterocycles. The standard InChI is InChI=1S/C5H8F2N4S/c1-3(2-4(6)7)11-5(12)8-9-10-11/h3-4H,2H2,1H3,(H,8,10,12). The molecule has 0 aliphatic rings. The molecule has 1 rings (SSSR count). The fourth-order valence-corrected chi connectivity index (χ4v) is 1.12. The van der Waals surface area contributed by atoms with E-state index in [0.29, 0.717) is 0 Å². The van der Waals surface area contributed by atoms with Crippen LogP contribution in [0, 0.1) is 4.77 Å². The SMILES string of the molecule is CC(CC(F)F)n1[nH]nnc1=S. The normalized spacial score (nSPS) is 13.7. The Morgan fingerprint density at radius 2 is 2.33 bits per heavy atom. The second-order valence-corrected chi connectivity index (χ2v) is 2.79. The Morgan fingerprint density at radius 1 is 1.67 bits per heavy atom. The van der Waals surface area contributed by atoms with Crippen molar-refractivity contribution in [1.29, 1.82) is 0 Å². The van der Waals surface area contributed by atoms with Gasteiger partial charge in [0.25, 0.3) is 0 Å². The smallest absolute Gasteiger partial charge is 0.239 e. The van der Waals surface area contributed by atoms with Crippen molar-refractivity contribution in [2.24, 2.45) is 0 Å². The summed E-state index contributed by atoms with van der Waals surface area (Å²) in [5.74, 6) is 0. The largest absolute Gasteiger partial charge is 0.240 e. The van der Waals surface area contributed by atoms with Gasteiger partial charge in [-0.3, -0.25) is 0 Å². The third-order valence-corrected chi connectivity index (χ3v) is 1.73. The number of nitrogens with zero attached hydrogens (tertiary/aromatic N) is 3. The van der Waals surface area contributed by atoms with E-state index in [9.17, 15) is 8.78 Å². The molecule has 0 spiro atoms. The summed E-state index contributed by atoms with van der Waals surface area (Å²) in [4.78, 5) is 0. The molecule has 0 aliphatic heterocycles. The van der Waals surface area contributed by atoms with Crippen LogP contribution in [0.15, 0.2) is 0 Å². The molecule has 68 valence electrons. The van der Waals surface area contributed by atoms with Crippen LogP contribution < -0.4 is 0 Å². The summed E-state index contributed by atoms with van der Waals surface area (Å²) >= 11 is 4.73. The van der Waals surface area contributed by atoms with Crippen molar-refractivity contribution >= 4 is 12.2 Å². The Bertz CT molecular complexity index is 294. The first-order valence-corrected chi connectivity index (χ1v) is 3.80. The fourth-order valence-electron chi connectivity index (χ4n) is 0.855. The minimum atomic E-state index is -2.34. The van der Waals surface area contributed by atoms with Crippen LogP contribution in [0.25, 0.3) is 0 Å². The van der Waals surface area contributed by atoms with E-state index in [2.05, 4.69) is 15.5 Å². The van der Waals surface area contributed by atoms with Crippen molar-refractivity contribution in [1.82, 2.24) is 20.2 Å². The molecule has 0 amide bonds. The number of H-pyrrole nitrogens is 1. The van der Waals surface area contributed by atoms with E-state index in [1.54, 1.807) is 6.92 Å². The van der Waals surface area contributed by atoms with Crippen LogP contribution in [0.1, 0.15) is 19.4 Å². The van der Waals surface area contributed by atoms with Crippen molar-refractivity contribution in [2.45, 2.75) is 25.8 Å². The zero-order valence-electron chi connectivity index (χ0n) is 6.37. The van der Waals surface area contributed by atoms with Gasteiger partial charge in [-0.15, -0.1) is 0 Å². The molecule has 0 aromatic carbocycles. The lowest BCUT2D eigenvalue weighted by atomic mass is 10.2. The van der Waals surface area contributed by atoms with Crippen LogP contribution in [0.3, 0.4) is 0 Å². The maximum atomic E-state index is 11.9. The van der Waals surface area contributed by atoms with Crippen molar-refractivity contribution in [2.75, 3.05) is 0 Å². The van der Waals surface area contributed by atoms with Gasteiger partial charge in [0.15, 0.2) is 0 Å². The number of halogens is 2. The molecule has 1 aromatic heterocycles. The maximum absolute atomic E-state index is 11.9. The van der Waals surface area contributed by atoms with Gasteiger partial charge in [-0.2, -0.15) is 5.21 Å². The number of hydrogen-bond acceptors (Lipinski definition) is 3. The first-order chi connectivity index (χ1) is 5.61. The molecule has 0 fully saturated rings. The summed E-state index contributed by atoms with van der Waals surface area (Å²) in [7, 11) is 0. The molecule has 0 aliphatic carbocycles. The summed E-state index contributed by atoms with van der Waals surface area (Å²) < 4.78 is 25.3. The number of alkyl halides is 2. The van der Waals surface area contributed by atoms with Gasteiger partial charge in [0.05, 0.1) is 6.04 Å². The first-order valence-electron chi connectivity index (χ1n) is 3.39. The van der Waals surface area contributed by atoms with Gasteiger partial charge < -0.3 is 0 Å². The van der Waals surface area contributed by atoms with Gasteiger partial charge in [-0.1, -0.05) is 10.3 Å². The van der Waals surface area contributed by atoms with Gasteiger partial charge in [0.1, 0.15) is 0 Å². The lowest BCUT2D eigenvalue weighted by Crippen LogP contribution is -2.10. The zero-order valence-corrected chi connectivity index (χ0v) is 7.18. The van der Waals surface area contributed by atoms with E-state index < -0.39 is 12.5 Å². The Kier molecular flexibility index (Phi) is 2.85. The van der Waals surface area contributed by atoms with Crippen molar-refractivity contribution in [3.63, 3.8) is 0 Å². The summed E-state index contributed by atoms with van der Waals surface area (Å²) in [6, 6.07) is -0.396. The van der Waals surface area contributed by atoms with Crippen LogP contribution in [-0.4, -0.2) is 26.6 Å². The highest BCUT2D eigenvalue weighted by atomic mass is 32.1. The van der Waals surface area contributed by atoms with Gasteiger partial charge in [-0.05, 0) is 19.1 Å². The molecule has 0 saturated carbocycles. The predicted octanol–water partition coefficient (Wildman–Crippen LogP) is 1.55. The van der Waals surface area contributed by atoms with E-state index in [4.69, 9.17) is 12.2 Å². The molecule has 1 unspecified atom stereocenters. The number of aromatic nitrogens is 4. The maximum Gasteiger partial charge on any atom is 0.240 e. The number of aromatic amines is 1. The molecule has 1 N–H and O–H groups in total. The molecular weight excluding hydrogens is 186 g/mol. The average molecular weight is 194 g/mol. The molecule has 12 heavy (non-hydrogen) atoms. The second kappa shape index (κ2) is 3.70. The van der Waals surface area contributed by atoms with Crippen molar-refractivity contribution in [3.05, 3.63) is 4.77 Å². The third kappa shape index (κ3) is 2.07.